The van der Waals surface area contributed by atoms with Crippen LogP contribution < -0.4 is 5.73 Å². The molecule has 1 heterocycles. The zero-order valence-corrected chi connectivity index (χ0v) is 16.9. The Morgan fingerprint density at radius 3 is 2.48 bits per heavy atom. The lowest BCUT2D eigenvalue weighted by Gasteiger charge is -2.42. The largest absolute Gasteiger partial charge is 0.398 e. The number of nitrogens with two attached hydrogens (primary N) is 1. The third-order valence-corrected chi connectivity index (χ3v) is 6.62. The molecule has 1 aliphatic carbocycles. The average Bonchev–Trinajstić information content (AvgIpc) is 2.68. The summed E-state index contributed by atoms with van der Waals surface area (Å²) in [6.45, 7) is 1.71. The highest BCUT2D eigenvalue weighted by Gasteiger charge is 2.35. The predicted octanol–water partition coefficient (Wildman–Crippen LogP) is 3.45. The molecule has 0 spiro atoms. The fourth-order valence-corrected chi connectivity index (χ4v) is 4.78. The van der Waals surface area contributed by atoms with E-state index in [0.717, 1.165) is 53.6 Å². The van der Waals surface area contributed by atoms with E-state index in [4.69, 9.17) is 5.73 Å². The Morgan fingerprint density at radius 1 is 1.07 bits per heavy atom. The Balaban J connectivity index is 1.40. The molecule has 2 atom stereocenters. The molecular weight excluding hydrogens is 404 g/mol. The van der Waals surface area contributed by atoms with Crippen LogP contribution in [0.3, 0.4) is 0 Å². The summed E-state index contributed by atoms with van der Waals surface area (Å²) in [6, 6.07) is 13.8. The SMILES string of the molecule is Nc1cccc2c1C[C@@H](O)[C@H](N1CCC(C(=O)c3ccc(Br)cc3)CC1)C2. The van der Waals surface area contributed by atoms with Crippen LogP contribution in [0, 0.1) is 5.92 Å². The summed E-state index contributed by atoms with van der Waals surface area (Å²) in [5.41, 5.74) is 10.00. The zero-order valence-electron chi connectivity index (χ0n) is 15.3. The summed E-state index contributed by atoms with van der Waals surface area (Å²) in [4.78, 5) is 15.1. The maximum atomic E-state index is 12.8. The molecule has 1 aliphatic heterocycles. The molecule has 2 aromatic rings. The number of nitrogens with zero attached hydrogens (tertiary/aromatic N) is 1. The van der Waals surface area contributed by atoms with Crippen LogP contribution in [-0.2, 0) is 12.8 Å². The molecule has 0 aromatic heterocycles. The fourth-order valence-electron chi connectivity index (χ4n) is 4.52. The van der Waals surface area contributed by atoms with Gasteiger partial charge in [-0.15, -0.1) is 0 Å². The van der Waals surface area contributed by atoms with Crippen molar-refractivity contribution in [3.05, 3.63) is 63.6 Å². The second-order valence-corrected chi connectivity index (χ2v) is 8.62. The average molecular weight is 429 g/mol. The van der Waals surface area contributed by atoms with E-state index in [1.165, 1.54) is 5.56 Å². The lowest BCUT2D eigenvalue weighted by atomic mass is 9.82. The Labute approximate surface area is 168 Å². The number of fused-ring (bicyclic) bond motifs is 1. The van der Waals surface area contributed by atoms with Gasteiger partial charge in [0.15, 0.2) is 5.78 Å². The van der Waals surface area contributed by atoms with Crippen molar-refractivity contribution in [3.63, 3.8) is 0 Å². The van der Waals surface area contributed by atoms with Gasteiger partial charge < -0.3 is 10.8 Å². The van der Waals surface area contributed by atoms with Gasteiger partial charge in [-0.1, -0.05) is 40.2 Å². The van der Waals surface area contributed by atoms with E-state index in [1.807, 2.05) is 36.4 Å². The summed E-state index contributed by atoms with van der Waals surface area (Å²) in [5, 5.41) is 10.7. The molecule has 2 aromatic carbocycles. The highest BCUT2D eigenvalue weighted by molar-refractivity contribution is 9.10. The van der Waals surface area contributed by atoms with Crippen LogP contribution in [-0.4, -0.2) is 41.0 Å². The number of anilines is 1. The highest BCUT2D eigenvalue weighted by Crippen LogP contribution is 2.31. The molecule has 4 rings (SSSR count). The molecule has 1 saturated heterocycles. The monoisotopic (exact) mass is 428 g/mol. The molecule has 0 unspecified atom stereocenters. The van der Waals surface area contributed by atoms with Crippen molar-refractivity contribution in [1.82, 2.24) is 4.90 Å². The second-order valence-electron chi connectivity index (χ2n) is 7.71. The minimum Gasteiger partial charge on any atom is -0.398 e. The minimum absolute atomic E-state index is 0.0751. The topological polar surface area (TPSA) is 66.6 Å². The van der Waals surface area contributed by atoms with Gasteiger partial charge in [0.1, 0.15) is 0 Å². The number of benzene rings is 2. The molecule has 0 radical (unpaired) electrons. The quantitative estimate of drug-likeness (QED) is 0.580. The number of ketones is 1. The lowest BCUT2D eigenvalue weighted by molar-refractivity contribution is 0.0240. The van der Waals surface area contributed by atoms with E-state index >= 15 is 0 Å². The van der Waals surface area contributed by atoms with Gasteiger partial charge in [-0.05, 0) is 61.7 Å². The van der Waals surface area contributed by atoms with Gasteiger partial charge in [0.25, 0.3) is 0 Å². The van der Waals surface area contributed by atoms with E-state index < -0.39 is 6.10 Å². The Morgan fingerprint density at radius 2 is 1.78 bits per heavy atom. The molecule has 0 bridgehead atoms. The molecule has 3 N–H and O–H groups in total. The molecule has 5 heteroatoms. The number of hydrogen-bond acceptors (Lipinski definition) is 4. The van der Waals surface area contributed by atoms with Gasteiger partial charge in [-0.3, -0.25) is 9.69 Å². The van der Waals surface area contributed by atoms with Gasteiger partial charge in [0.2, 0.25) is 0 Å². The molecule has 27 heavy (non-hydrogen) atoms. The van der Waals surface area contributed by atoms with Gasteiger partial charge in [0.05, 0.1) is 6.10 Å². The summed E-state index contributed by atoms with van der Waals surface area (Å²) in [5.74, 6) is 0.315. The van der Waals surface area contributed by atoms with Crippen molar-refractivity contribution < 1.29 is 9.90 Å². The zero-order chi connectivity index (χ0) is 19.0. The smallest absolute Gasteiger partial charge is 0.166 e. The first-order valence-electron chi connectivity index (χ1n) is 9.61. The van der Waals surface area contributed by atoms with Gasteiger partial charge in [-0.2, -0.15) is 0 Å². The van der Waals surface area contributed by atoms with Gasteiger partial charge in [0, 0.05) is 34.1 Å². The number of nitrogen functional groups attached to an aromatic ring is 1. The van der Waals surface area contributed by atoms with E-state index in [0.29, 0.717) is 6.42 Å². The van der Waals surface area contributed by atoms with Crippen LogP contribution in [0.1, 0.15) is 34.3 Å². The third kappa shape index (κ3) is 3.82. The van der Waals surface area contributed by atoms with Gasteiger partial charge >= 0.3 is 0 Å². The van der Waals surface area contributed by atoms with Crippen LogP contribution >= 0.6 is 15.9 Å². The molecule has 4 nitrogen and oxygen atoms in total. The van der Waals surface area contributed by atoms with Crippen molar-refractivity contribution in [2.24, 2.45) is 5.92 Å². The van der Waals surface area contributed by atoms with E-state index in [9.17, 15) is 9.90 Å². The number of carbonyl (C=O) groups is 1. The predicted molar refractivity (Wildman–Crippen MR) is 111 cm³/mol. The maximum Gasteiger partial charge on any atom is 0.166 e. The van der Waals surface area contributed by atoms with Gasteiger partial charge in [-0.25, -0.2) is 0 Å². The molecule has 0 amide bonds. The Bertz CT molecular complexity index is 829. The Kier molecular flexibility index (Phi) is 5.35. The number of carbonyl (C=O) groups excluding carboxylic acids is 1. The fraction of sp³-hybridized carbons (Fsp3) is 0.409. The maximum absolute atomic E-state index is 12.8. The standard InChI is InChI=1S/C22H25BrN2O2/c23-17-6-4-14(5-7-17)22(27)15-8-10-25(11-9-15)20-12-16-2-1-3-19(24)18(16)13-21(20)26/h1-7,15,20-21,26H,8-13,24H2/t20-,21-/m1/s1. The van der Waals surface area contributed by atoms with Crippen molar-refractivity contribution in [2.45, 2.75) is 37.8 Å². The van der Waals surface area contributed by atoms with Crippen molar-refractivity contribution in [1.29, 1.82) is 0 Å². The molecule has 2 aliphatic rings. The summed E-state index contributed by atoms with van der Waals surface area (Å²) in [6.07, 6.45) is 2.74. The van der Waals surface area contributed by atoms with Crippen molar-refractivity contribution >= 4 is 27.4 Å². The number of likely N-dealkylation sites (tertiary alicyclic amines) is 1. The molecule has 0 saturated carbocycles. The Hall–Kier alpha value is -1.69. The first kappa shape index (κ1) is 18.7. The molecule has 142 valence electrons. The lowest BCUT2D eigenvalue weighted by Crippen LogP contribution is -2.51. The normalized spacial score (nSPS) is 23.8. The summed E-state index contributed by atoms with van der Waals surface area (Å²) < 4.78 is 0.987. The first-order chi connectivity index (χ1) is 13.0. The van der Waals surface area contributed by atoms with Crippen LogP contribution in [0.25, 0.3) is 0 Å². The number of piperidine rings is 1. The van der Waals surface area contributed by atoms with Crippen molar-refractivity contribution in [3.8, 4) is 0 Å². The number of Topliss-reactive ketones (excluding diaryl/α,β-unsaturated/α-hetero) is 1. The number of halogens is 1. The number of aliphatic hydroxyl groups is 1. The molecule has 1 fully saturated rings. The van der Waals surface area contributed by atoms with Crippen LogP contribution in [0.5, 0.6) is 0 Å². The molecular formula is C22H25BrN2O2. The second kappa shape index (κ2) is 7.74. The summed E-state index contributed by atoms with van der Waals surface area (Å²) in [7, 11) is 0. The minimum atomic E-state index is -0.402. The summed E-state index contributed by atoms with van der Waals surface area (Å²) >= 11 is 3.41. The van der Waals surface area contributed by atoms with E-state index in [-0.39, 0.29) is 17.7 Å². The number of rotatable bonds is 3. The van der Waals surface area contributed by atoms with Crippen LogP contribution in [0.2, 0.25) is 0 Å². The first-order valence-corrected chi connectivity index (χ1v) is 10.4. The van der Waals surface area contributed by atoms with Crippen LogP contribution in [0.15, 0.2) is 46.9 Å². The number of hydrogen-bond donors (Lipinski definition) is 2. The third-order valence-electron chi connectivity index (χ3n) is 6.09. The van der Waals surface area contributed by atoms with E-state index in [2.05, 4.69) is 26.9 Å². The van der Waals surface area contributed by atoms with Crippen molar-refractivity contribution in [2.75, 3.05) is 18.8 Å². The number of aliphatic hydroxyl groups excluding tert-OH is 1. The van der Waals surface area contributed by atoms with Crippen LogP contribution in [0.4, 0.5) is 5.69 Å². The highest BCUT2D eigenvalue weighted by atomic mass is 79.9. The van der Waals surface area contributed by atoms with E-state index in [1.54, 1.807) is 0 Å².